The molecule has 0 atom stereocenters. The molecule has 0 saturated carbocycles. The van der Waals surface area contributed by atoms with Gasteiger partial charge in [0.2, 0.25) is 5.90 Å². The van der Waals surface area contributed by atoms with Crippen molar-refractivity contribution >= 4 is 17.9 Å². The number of cyclic esters (lactones) is 1. The molecule has 0 bridgehead atoms. The molecule has 1 aliphatic rings. The second-order valence-electron chi connectivity index (χ2n) is 5.35. The standard InChI is InChI=1S/C19H17NO4/c1-12-5-4-6-13(7-12)8-17-19(21)24-18(20-17)14-9-15(22-2)11-16(10-14)23-3/h4-11H,1-3H3/b17-8-. The highest BCUT2D eigenvalue weighted by Gasteiger charge is 2.25. The summed E-state index contributed by atoms with van der Waals surface area (Å²) in [6.07, 6.45) is 1.71. The van der Waals surface area contributed by atoms with Gasteiger partial charge in [-0.25, -0.2) is 9.79 Å². The molecule has 3 rings (SSSR count). The lowest BCUT2D eigenvalue weighted by atomic mass is 10.1. The zero-order chi connectivity index (χ0) is 17.1. The number of aryl methyl sites for hydroxylation is 1. The van der Waals surface area contributed by atoms with Gasteiger partial charge in [-0.15, -0.1) is 0 Å². The van der Waals surface area contributed by atoms with E-state index in [-0.39, 0.29) is 11.6 Å². The second-order valence-corrected chi connectivity index (χ2v) is 5.35. The van der Waals surface area contributed by atoms with Gasteiger partial charge in [-0.1, -0.05) is 29.8 Å². The van der Waals surface area contributed by atoms with Crippen molar-refractivity contribution in [2.75, 3.05) is 14.2 Å². The number of aliphatic imine (C=N–C) groups is 1. The summed E-state index contributed by atoms with van der Waals surface area (Å²) >= 11 is 0. The maximum absolute atomic E-state index is 12.1. The largest absolute Gasteiger partial charge is 0.497 e. The van der Waals surface area contributed by atoms with E-state index in [0.29, 0.717) is 17.1 Å². The van der Waals surface area contributed by atoms with Crippen molar-refractivity contribution in [3.8, 4) is 11.5 Å². The lowest BCUT2D eigenvalue weighted by Crippen LogP contribution is -2.06. The van der Waals surface area contributed by atoms with Gasteiger partial charge in [0.05, 0.1) is 14.2 Å². The molecular weight excluding hydrogens is 306 g/mol. The second kappa shape index (κ2) is 6.58. The molecule has 0 spiro atoms. The predicted molar refractivity (Wildman–Crippen MR) is 91.3 cm³/mol. The van der Waals surface area contributed by atoms with E-state index in [1.54, 1.807) is 38.5 Å². The van der Waals surface area contributed by atoms with Gasteiger partial charge in [0, 0.05) is 11.6 Å². The van der Waals surface area contributed by atoms with Crippen molar-refractivity contribution in [2.45, 2.75) is 6.92 Å². The molecule has 122 valence electrons. The van der Waals surface area contributed by atoms with E-state index >= 15 is 0 Å². The Hall–Kier alpha value is -3.08. The Morgan fingerprint density at radius 1 is 1.04 bits per heavy atom. The number of hydrogen-bond donors (Lipinski definition) is 0. The van der Waals surface area contributed by atoms with Crippen molar-refractivity contribution in [3.63, 3.8) is 0 Å². The monoisotopic (exact) mass is 323 g/mol. The van der Waals surface area contributed by atoms with Crippen LogP contribution >= 0.6 is 0 Å². The molecule has 24 heavy (non-hydrogen) atoms. The predicted octanol–water partition coefficient (Wildman–Crippen LogP) is 3.36. The van der Waals surface area contributed by atoms with E-state index in [0.717, 1.165) is 11.1 Å². The third kappa shape index (κ3) is 3.30. The van der Waals surface area contributed by atoms with Crippen LogP contribution in [0.15, 0.2) is 53.2 Å². The fourth-order valence-electron chi connectivity index (χ4n) is 2.38. The first-order valence-electron chi connectivity index (χ1n) is 7.42. The molecular formula is C19H17NO4. The van der Waals surface area contributed by atoms with Gasteiger partial charge >= 0.3 is 5.97 Å². The number of methoxy groups -OCH3 is 2. The highest BCUT2D eigenvalue weighted by molar-refractivity contribution is 6.13. The molecule has 0 amide bonds. The zero-order valence-corrected chi connectivity index (χ0v) is 13.7. The van der Waals surface area contributed by atoms with Crippen molar-refractivity contribution in [1.82, 2.24) is 0 Å². The lowest BCUT2D eigenvalue weighted by molar-refractivity contribution is -0.129. The molecule has 1 heterocycles. The Labute approximate surface area is 140 Å². The SMILES string of the molecule is COc1cc(OC)cc(C2=N/C(=C\c3cccc(C)c3)C(=O)O2)c1. The van der Waals surface area contributed by atoms with Crippen molar-refractivity contribution in [3.05, 3.63) is 64.9 Å². The van der Waals surface area contributed by atoms with Gasteiger partial charge in [0.1, 0.15) is 11.5 Å². The normalized spacial score (nSPS) is 15.2. The number of carbonyl (C=O) groups excluding carboxylic acids is 1. The molecule has 2 aromatic rings. The van der Waals surface area contributed by atoms with Crippen LogP contribution in [-0.4, -0.2) is 26.1 Å². The minimum atomic E-state index is -0.478. The average Bonchev–Trinajstić information content (AvgIpc) is 2.95. The van der Waals surface area contributed by atoms with Crippen LogP contribution < -0.4 is 9.47 Å². The van der Waals surface area contributed by atoms with Crippen LogP contribution in [0.1, 0.15) is 16.7 Å². The molecule has 0 unspecified atom stereocenters. The summed E-state index contributed by atoms with van der Waals surface area (Å²) < 4.78 is 15.8. The summed E-state index contributed by atoms with van der Waals surface area (Å²) in [5, 5.41) is 0. The summed E-state index contributed by atoms with van der Waals surface area (Å²) in [4.78, 5) is 16.4. The van der Waals surface area contributed by atoms with Crippen molar-refractivity contribution in [1.29, 1.82) is 0 Å². The van der Waals surface area contributed by atoms with Gasteiger partial charge in [-0.2, -0.15) is 0 Å². The van der Waals surface area contributed by atoms with Gasteiger partial charge in [0.15, 0.2) is 5.70 Å². The van der Waals surface area contributed by atoms with Crippen LogP contribution in [0.3, 0.4) is 0 Å². The minimum absolute atomic E-state index is 0.233. The highest BCUT2D eigenvalue weighted by Crippen LogP contribution is 2.26. The van der Waals surface area contributed by atoms with Crippen LogP contribution in [0.4, 0.5) is 0 Å². The van der Waals surface area contributed by atoms with Gasteiger partial charge in [0.25, 0.3) is 0 Å². The Kier molecular flexibility index (Phi) is 4.33. The number of ether oxygens (including phenoxy) is 3. The number of carbonyl (C=O) groups is 1. The highest BCUT2D eigenvalue weighted by atomic mass is 16.6. The van der Waals surface area contributed by atoms with Crippen LogP contribution in [0, 0.1) is 6.92 Å². The van der Waals surface area contributed by atoms with E-state index in [1.807, 2.05) is 31.2 Å². The molecule has 5 nitrogen and oxygen atoms in total. The Balaban J connectivity index is 1.97. The molecule has 5 heteroatoms. The fourth-order valence-corrected chi connectivity index (χ4v) is 2.38. The van der Waals surface area contributed by atoms with Crippen LogP contribution in [0.2, 0.25) is 0 Å². The summed E-state index contributed by atoms with van der Waals surface area (Å²) in [5.41, 5.74) is 2.89. The Morgan fingerprint density at radius 3 is 2.38 bits per heavy atom. The minimum Gasteiger partial charge on any atom is -0.497 e. The third-order valence-electron chi connectivity index (χ3n) is 3.56. The van der Waals surface area contributed by atoms with Crippen LogP contribution in [-0.2, 0) is 9.53 Å². The molecule has 0 saturated heterocycles. The van der Waals surface area contributed by atoms with Gasteiger partial charge in [-0.05, 0) is 30.7 Å². The first kappa shape index (κ1) is 15.8. The number of hydrogen-bond acceptors (Lipinski definition) is 5. The van der Waals surface area contributed by atoms with Crippen LogP contribution in [0.25, 0.3) is 6.08 Å². The first-order chi connectivity index (χ1) is 11.6. The molecule has 0 aromatic heterocycles. The number of nitrogens with zero attached hydrogens (tertiary/aromatic N) is 1. The number of benzene rings is 2. The summed E-state index contributed by atoms with van der Waals surface area (Å²) in [5.74, 6) is 0.947. The number of esters is 1. The molecule has 0 N–H and O–H groups in total. The number of rotatable bonds is 4. The van der Waals surface area contributed by atoms with E-state index in [4.69, 9.17) is 14.2 Å². The van der Waals surface area contributed by atoms with E-state index in [1.165, 1.54) is 0 Å². The van der Waals surface area contributed by atoms with Crippen molar-refractivity contribution in [2.24, 2.45) is 4.99 Å². The smallest absolute Gasteiger partial charge is 0.363 e. The third-order valence-corrected chi connectivity index (χ3v) is 3.56. The van der Waals surface area contributed by atoms with E-state index in [9.17, 15) is 4.79 Å². The fraction of sp³-hybridized carbons (Fsp3) is 0.158. The maximum Gasteiger partial charge on any atom is 0.363 e. The van der Waals surface area contributed by atoms with E-state index in [2.05, 4.69) is 4.99 Å². The molecule has 0 aliphatic carbocycles. The van der Waals surface area contributed by atoms with Crippen molar-refractivity contribution < 1.29 is 19.0 Å². The van der Waals surface area contributed by atoms with Gasteiger partial charge < -0.3 is 14.2 Å². The average molecular weight is 323 g/mol. The zero-order valence-electron chi connectivity index (χ0n) is 13.7. The topological polar surface area (TPSA) is 57.1 Å². The Bertz CT molecular complexity index is 830. The summed E-state index contributed by atoms with van der Waals surface area (Å²) in [6.45, 7) is 1.99. The molecule has 0 radical (unpaired) electrons. The summed E-state index contributed by atoms with van der Waals surface area (Å²) in [7, 11) is 3.12. The molecule has 1 aliphatic heterocycles. The Morgan fingerprint density at radius 2 is 1.75 bits per heavy atom. The van der Waals surface area contributed by atoms with Crippen LogP contribution in [0.5, 0.6) is 11.5 Å². The van der Waals surface area contributed by atoms with E-state index < -0.39 is 5.97 Å². The first-order valence-corrected chi connectivity index (χ1v) is 7.42. The lowest BCUT2D eigenvalue weighted by Gasteiger charge is -2.07. The summed E-state index contributed by atoms with van der Waals surface area (Å²) in [6, 6.07) is 13.0. The quantitative estimate of drug-likeness (QED) is 0.639. The maximum atomic E-state index is 12.1. The molecule has 2 aromatic carbocycles. The van der Waals surface area contributed by atoms with Gasteiger partial charge in [-0.3, -0.25) is 0 Å². The molecule has 0 fully saturated rings.